The maximum absolute atomic E-state index is 11.9. The minimum atomic E-state index is -0.0474. The largest absolute Gasteiger partial charge is 0.294 e. The third-order valence-corrected chi connectivity index (χ3v) is 2.79. The number of rotatable bonds is 1. The molecule has 0 radical (unpaired) electrons. The average Bonchev–Trinajstić information content (AvgIpc) is 2.60. The zero-order valence-corrected chi connectivity index (χ0v) is 10.7. The van der Waals surface area contributed by atoms with E-state index in [1.165, 1.54) is 0 Å². The summed E-state index contributed by atoms with van der Waals surface area (Å²) in [5, 5.41) is 3.17. The molecule has 1 aromatic carbocycles. The Morgan fingerprint density at radius 2 is 1.88 bits per heavy atom. The lowest BCUT2D eigenvalue weighted by Crippen LogP contribution is -2.14. The molecule has 2 rings (SSSR count). The lowest BCUT2D eigenvalue weighted by atomic mass is 9.93. The number of aromatic amines is 1. The molecule has 0 saturated heterocycles. The van der Waals surface area contributed by atoms with Crippen molar-refractivity contribution >= 4 is 0 Å². The number of benzene rings is 1. The number of H-pyrrole nitrogens is 1. The van der Waals surface area contributed by atoms with Gasteiger partial charge in [-0.3, -0.25) is 9.89 Å². The number of hydrogen-bond donors (Lipinski definition) is 1. The van der Waals surface area contributed by atoms with E-state index in [0.29, 0.717) is 0 Å². The maximum Gasteiger partial charge on any atom is 0.271 e. The van der Waals surface area contributed by atoms with Crippen LogP contribution in [0.2, 0.25) is 0 Å². The first-order valence-electron chi connectivity index (χ1n) is 5.77. The second-order valence-electron chi connectivity index (χ2n) is 5.43. The molecule has 0 aliphatic heterocycles. The van der Waals surface area contributed by atoms with Gasteiger partial charge in [0, 0.05) is 17.2 Å². The standard InChI is InChI=1S/C14H18N2O/c1-10-6-5-7-11(8-10)16-13(17)9-12(15-16)14(2,3)4/h5-9,15H,1-4H3. The normalized spacial score (nSPS) is 11.8. The van der Waals surface area contributed by atoms with Crippen LogP contribution in [-0.4, -0.2) is 9.78 Å². The van der Waals surface area contributed by atoms with Gasteiger partial charge in [-0.2, -0.15) is 0 Å². The summed E-state index contributed by atoms with van der Waals surface area (Å²) in [4.78, 5) is 11.9. The first kappa shape index (κ1) is 11.7. The zero-order chi connectivity index (χ0) is 12.6. The van der Waals surface area contributed by atoms with Crippen LogP contribution in [0.3, 0.4) is 0 Å². The molecule has 90 valence electrons. The van der Waals surface area contributed by atoms with Gasteiger partial charge in [0.15, 0.2) is 0 Å². The molecule has 0 amide bonds. The zero-order valence-electron chi connectivity index (χ0n) is 10.7. The van der Waals surface area contributed by atoms with Gasteiger partial charge < -0.3 is 0 Å². The van der Waals surface area contributed by atoms with E-state index in [2.05, 4.69) is 25.9 Å². The molecule has 2 aromatic rings. The molecule has 0 atom stereocenters. The maximum atomic E-state index is 11.9. The summed E-state index contributed by atoms with van der Waals surface area (Å²) in [7, 11) is 0. The van der Waals surface area contributed by atoms with Crippen LogP contribution in [0.1, 0.15) is 32.0 Å². The van der Waals surface area contributed by atoms with Crippen molar-refractivity contribution in [3.05, 3.63) is 51.9 Å². The third-order valence-electron chi connectivity index (χ3n) is 2.79. The summed E-state index contributed by atoms with van der Waals surface area (Å²) in [6, 6.07) is 9.56. The van der Waals surface area contributed by atoms with E-state index in [-0.39, 0.29) is 11.0 Å². The van der Waals surface area contributed by atoms with Crippen LogP contribution in [0.15, 0.2) is 35.1 Å². The van der Waals surface area contributed by atoms with Gasteiger partial charge in [-0.25, -0.2) is 4.68 Å². The van der Waals surface area contributed by atoms with Crippen molar-refractivity contribution < 1.29 is 0 Å². The van der Waals surface area contributed by atoms with Gasteiger partial charge in [0.05, 0.1) is 5.69 Å². The van der Waals surface area contributed by atoms with E-state index in [1.807, 2.05) is 31.2 Å². The van der Waals surface area contributed by atoms with E-state index in [1.54, 1.807) is 10.7 Å². The monoisotopic (exact) mass is 230 g/mol. The summed E-state index contributed by atoms with van der Waals surface area (Å²) >= 11 is 0. The van der Waals surface area contributed by atoms with Gasteiger partial charge in [0.2, 0.25) is 0 Å². The summed E-state index contributed by atoms with van der Waals surface area (Å²) in [5.74, 6) is 0. The smallest absolute Gasteiger partial charge is 0.271 e. The van der Waals surface area contributed by atoms with Crippen molar-refractivity contribution in [3.63, 3.8) is 0 Å². The number of nitrogens with one attached hydrogen (secondary N) is 1. The van der Waals surface area contributed by atoms with Crippen molar-refractivity contribution in [3.8, 4) is 5.69 Å². The molecule has 3 nitrogen and oxygen atoms in total. The first-order chi connectivity index (χ1) is 7.88. The van der Waals surface area contributed by atoms with Crippen molar-refractivity contribution in [2.45, 2.75) is 33.1 Å². The predicted molar refractivity (Wildman–Crippen MR) is 69.8 cm³/mol. The first-order valence-corrected chi connectivity index (χ1v) is 5.77. The van der Waals surface area contributed by atoms with Crippen LogP contribution in [-0.2, 0) is 5.41 Å². The highest BCUT2D eigenvalue weighted by atomic mass is 16.1. The molecular formula is C14H18N2O. The van der Waals surface area contributed by atoms with Crippen LogP contribution in [0, 0.1) is 6.92 Å². The fraction of sp³-hybridized carbons (Fsp3) is 0.357. The number of nitrogens with zero attached hydrogens (tertiary/aromatic N) is 1. The van der Waals surface area contributed by atoms with Crippen LogP contribution < -0.4 is 5.56 Å². The van der Waals surface area contributed by atoms with Gasteiger partial charge in [0.25, 0.3) is 5.56 Å². The van der Waals surface area contributed by atoms with Crippen LogP contribution in [0.4, 0.5) is 0 Å². The molecule has 1 aromatic heterocycles. The van der Waals surface area contributed by atoms with E-state index in [9.17, 15) is 4.79 Å². The molecular weight excluding hydrogens is 212 g/mol. The highest BCUT2D eigenvalue weighted by Crippen LogP contribution is 2.19. The molecule has 17 heavy (non-hydrogen) atoms. The Morgan fingerprint density at radius 3 is 2.41 bits per heavy atom. The molecule has 0 aliphatic rings. The summed E-state index contributed by atoms with van der Waals surface area (Å²) < 4.78 is 1.59. The Balaban J connectivity index is 2.54. The number of hydrogen-bond acceptors (Lipinski definition) is 1. The summed E-state index contributed by atoms with van der Waals surface area (Å²) in [5.41, 5.74) is 2.91. The van der Waals surface area contributed by atoms with Crippen molar-refractivity contribution in [1.29, 1.82) is 0 Å². The minimum absolute atomic E-state index is 0.0134. The SMILES string of the molecule is Cc1cccc(-n2[nH]c(C(C)(C)C)cc2=O)c1. The second-order valence-corrected chi connectivity index (χ2v) is 5.43. The number of aryl methyl sites for hydroxylation is 1. The molecule has 0 saturated carbocycles. The van der Waals surface area contributed by atoms with E-state index >= 15 is 0 Å². The lowest BCUT2D eigenvalue weighted by Gasteiger charge is -2.15. The van der Waals surface area contributed by atoms with Gasteiger partial charge in [-0.15, -0.1) is 0 Å². The van der Waals surface area contributed by atoms with E-state index in [0.717, 1.165) is 16.9 Å². The predicted octanol–water partition coefficient (Wildman–Crippen LogP) is 2.77. The molecule has 3 heteroatoms. The second kappa shape index (κ2) is 3.91. The van der Waals surface area contributed by atoms with Crippen LogP contribution in [0.5, 0.6) is 0 Å². The molecule has 1 N–H and O–H groups in total. The van der Waals surface area contributed by atoms with Crippen molar-refractivity contribution in [2.24, 2.45) is 0 Å². The third kappa shape index (κ3) is 2.33. The molecule has 0 aliphatic carbocycles. The molecule has 0 spiro atoms. The Morgan fingerprint density at radius 1 is 1.18 bits per heavy atom. The Hall–Kier alpha value is -1.77. The van der Waals surface area contributed by atoms with E-state index < -0.39 is 0 Å². The van der Waals surface area contributed by atoms with E-state index in [4.69, 9.17) is 0 Å². The number of aromatic nitrogens is 2. The Bertz CT molecular complexity index is 585. The quantitative estimate of drug-likeness (QED) is 0.803. The van der Waals surface area contributed by atoms with Gasteiger partial charge in [-0.1, -0.05) is 32.9 Å². The van der Waals surface area contributed by atoms with Gasteiger partial charge in [-0.05, 0) is 24.6 Å². The average molecular weight is 230 g/mol. The Kier molecular flexibility index (Phi) is 2.69. The highest BCUT2D eigenvalue weighted by molar-refractivity contribution is 5.35. The molecule has 0 bridgehead atoms. The fourth-order valence-electron chi connectivity index (χ4n) is 1.74. The minimum Gasteiger partial charge on any atom is -0.294 e. The van der Waals surface area contributed by atoms with Gasteiger partial charge >= 0.3 is 0 Å². The molecule has 0 fully saturated rings. The van der Waals surface area contributed by atoms with Gasteiger partial charge in [0.1, 0.15) is 0 Å². The molecule has 0 unspecified atom stereocenters. The summed E-state index contributed by atoms with van der Waals surface area (Å²) in [6.07, 6.45) is 0. The fourth-order valence-corrected chi connectivity index (χ4v) is 1.74. The lowest BCUT2D eigenvalue weighted by molar-refractivity contribution is 0.560. The summed E-state index contributed by atoms with van der Waals surface area (Å²) in [6.45, 7) is 8.26. The highest BCUT2D eigenvalue weighted by Gasteiger charge is 2.17. The Labute approximate surface area is 101 Å². The van der Waals surface area contributed by atoms with Crippen molar-refractivity contribution in [2.75, 3.05) is 0 Å². The van der Waals surface area contributed by atoms with Crippen LogP contribution in [0.25, 0.3) is 5.69 Å². The van der Waals surface area contributed by atoms with Crippen LogP contribution >= 0.6 is 0 Å². The van der Waals surface area contributed by atoms with Crippen molar-refractivity contribution in [1.82, 2.24) is 9.78 Å². The topological polar surface area (TPSA) is 37.8 Å². The molecule has 1 heterocycles.